The third-order valence-corrected chi connectivity index (χ3v) is 4.63. The molecule has 0 spiro atoms. The number of hydrazine groups is 1. The van der Waals surface area contributed by atoms with Gasteiger partial charge in [-0.3, -0.25) is 10.8 Å². The van der Waals surface area contributed by atoms with E-state index in [9.17, 15) is 0 Å². The maximum atomic E-state index is 6.06. The van der Waals surface area contributed by atoms with Gasteiger partial charge in [-0.15, -0.1) is 0 Å². The van der Waals surface area contributed by atoms with Gasteiger partial charge in [-0.2, -0.15) is 0 Å². The second kappa shape index (κ2) is 6.12. The van der Waals surface area contributed by atoms with E-state index in [0.29, 0.717) is 5.02 Å². The predicted molar refractivity (Wildman–Crippen MR) is 90.1 cm³/mol. The summed E-state index contributed by atoms with van der Waals surface area (Å²) >= 11 is 9.51. The van der Waals surface area contributed by atoms with Crippen molar-refractivity contribution in [2.24, 2.45) is 5.84 Å². The molecule has 0 amide bonds. The monoisotopic (exact) mass is 361 g/mol. The number of hydrogen-bond acceptors (Lipinski definition) is 3. The van der Waals surface area contributed by atoms with Gasteiger partial charge < -0.3 is 0 Å². The van der Waals surface area contributed by atoms with Gasteiger partial charge in [0, 0.05) is 21.6 Å². The summed E-state index contributed by atoms with van der Waals surface area (Å²) in [7, 11) is 0. The normalized spacial score (nSPS) is 12.5. The van der Waals surface area contributed by atoms with Gasteiger partial charge in [0.25, 0.3) is 0 Å². The molecule has 0 aliphatic rings. The Hall–Kier alpha value is -1.46. The number of rotatable bonds is 3. The summed E-state index contributed by atoms with van der Waals surface area (Å²) in [5, 5.41) is 1.76. The van der Waals surface area contributed by atoms with E-state index in [4.69, 9.17) is 17.4 Å². The van der Waals surface area contributed by atoms with Crippen molar-refractivity contribution in [2.45, 2.75) is 6.04 Å². The van der Waals surface area contributed by atoms with E-state index in [0.717, 1.165) is 26.5 Å². The van der Waals surface area contributed by atoms with Crippen LogP contribution in [0.1, 0.15) is 17.2 Å². The molecule has 1 aromatic heterocycles. The summed E-state index contributed by atoms with van der Waals surface area (Å²) in [5.41, 5.74) is 5.86. The average molecular weight is 363 g/mol. The van der Waals surface area contributed by atoms with Gasteiger partial charge in [0.15, 0.2) is 0 Å². The number of nitrogens with two attached hydrogens (primary N) is 1. The predicted octanol–water partition coefficient (Wildman–Crippen LogP) is 4.20. The summed E-state index contributed by atoms with van der Waals surface area (Å²) in [5.74, 6) is 5.79. The lowest BCUT2D eigenvalue weighted by molar-refractivity contribution is 0.639. The maximum absolute atomic E-state index is 6.06. The minimum absolute atomic E-state index is 0.155. The second-order valence-corrected chi connectivity index (χ2v) is 5.96. The number of halogens is 2. The lowest BCUT2D eigenvalue weighted by Crippen LogP contribution is -2.29. The highest BCUT2D eigenvalue weighted by atomic mass is 79.9. The number of hydrogen-bond donors (Lipinski definition) is 2. The SMILES string of the molecule is NNC(c1ccc(Cl)c(Br)c1)c1cccc2cccnc12. The van der Waals surface area contributed by atoms with Crippen LogP contribution < -0.4 is 11.3 Å². The van der Waals surface area contributed by atoms with Gasteiger partial charge >= 0.3 is 0 Å². The smallest absolute Gasteiger partial charge is 0.0753 e. The molecule has 0 saturated heterocycles. The minimum atomic E-state index is -0.155. The van der Waals surface area contributed by atoms with E-state index >= 15 is 0 Å². The van der Waals surface area contributed by atoms with Crippen LogP contribution in [0.15, 0.2) is 59.2 Å². The van der Waals surface area contributed by atoms with Crippen molar-refractivity contribution < 1.29 is 0 Å². The van der Waals surface area contributed by atoms with Crippen LogP contribution in [0.3, 0.4) is 0 Å². The molecular weight excluding hydrogens is 350 g/mol. The molecule has 0 radical (unpaired) electrons. The van der Waals surface area contributed by atoms with Crippen molar-refractivity contribution in [3.63, 3.8) is 0 Å². The standard InChI is InChI=1S/C16H13BrClN3/c17-13-9-11(6-7-14(13)18)16(21-19)12-5-1-3-10-4-2-8-20-15(10)12/h1-9,16,21H,19H2. The fraction of sp³-hybridized carbons (Fsp3) is 0.0625. The zero-order valence-corrected chi connectivity index (χ0v) is 13.4. The highest BCUT2D eigenvalue weighted by molar-refractivity contribution is 9.10. The summed E-state index contributed by atoms with van der Waals surface area (Å²) in [6.45, 7) is 0. The second-order valence-electron chi connectivity index (χ2n) is 4.70. The molecular formula is C16H13BrClN3. The van der Waals surface area contributed by atoms with Gasteiger partial charge in [-0.25, -0.2) is 5.43 Å². The molecule has 21 heavy (non-hydrogen) atoms. The summed E-state index contributed by atoms with van der Waals surface area (Å²) in [4.78, 5) is 4.48. The Morgan fingerprint density at radius 2 is 1.95 bits per heavy atom. The van der Waals surface area contributed by atoms with E-state index < -0.39 is 0 Å². The highest BCUT2D eigenvalue weighted by Crippen LogP contribution is 2.31. The zero-order valence-electron chi connectivity index (χ0n) is 11.1. The van der Waals surface area contributed by atoms with Crippen LogP contribution in [0.25, 0.3) is 10.9 Å². The number of aromatic nitrogens is 1. The number of fused-ring (bicyclic) bond motifs is 1. The lowest BCUT2D eigenvalue weighted by Gasteiger charge is -2.19. The molecule has 106 valence electrons. The van der Waals surface area contributed by atoms with E-state index in [-0.39, 0.29) is 6.04 Å². The minimum Gasteiger partial charge on any atom is -0.271 e. The van der Waals surface area contributed by atoms with Crippen LogP contribution >= 0.6 is 27.5 Å². The van der Waals surface area contributed by atoms with E-state index in [1.54, 1.807) is 6.20 Å². The molecule has 1 unspecified atom stereocenters. The molecule has 0 saturated carbocycles. The Labute approximate surface area is 136 Å². The Morgan fingerprint density at radius 3 is 2.71 bits per heavy atom. The molecule has 3 rings (SSSR count). The molecule has 2 aromatic carbocycles. The number of pyridine rings is 1. The molecule has 0 aliphatic heterocycles. The van der Waals surface area contributed by atoms with Crippen molar-refractivity contribution in [3.05, 3.63) is 75.4 Å². The van der Waals surface area contributed by atoms with Gasteiger partial charge in [0.05, 0.1) is 16.6 Å². The Kier molecular flexibility index (Phi) is 4.22. The van der Waals surface area contributed by atoms with Gasteiger partial charge in [-0.1, -0.05) is 41.9 Å². The summed E-state index contributed by atoms with van der Waals surface area (Å²) in [6, 6.07) is 15.7. The first kappa shape index (κ1) is 14.5. The summed E-state index contributed by atoms with van der Waals surface area (Å²) in [6.07, 6.45) is 1.79. The van der Waals surface area contributed by atoms with Crippen LogP contribution in [0, 0.1) is 0 Å². The Morgan fingerprint density at radius 1 is 1.14 bits per heavy atom. The largest absolute Gasteiger partial charge is 0.271 e. The molecule has 1 atom stereocenters. The average Bonchev–Trinajstić information content (AvgIpc) is 2.52. The first-order valence-corrected chi connectivity index (χ1v) is 7.62. The maximum Gasteiger partial charge on any atom is 0.0753 e. The van der Waals surface area contributed by atoms with Crippen LogP contribution in [-0.4, -0.2) is 4.98 Å². The number of nitrogens with zero attached hydrogens (tertiary/aromatic N) is 1. The first-order chi connectivity index (χ1) is 10.2. The van der Waals surface area contributed by atoms with Gasteiger partial charge in [0.2, 0.25) is 0 Å². The van der Waals surface area contributed by atoms with Crippen molar-refractivity contribution >= 4 is 38.4 Å². The third kappa shape index (κ3) is 2.80. The topological polar surface area (TPSA) is 50.9 Å². The first-order valence-electron chi connectivity index (χ1n) is 6.45. The van der Waals surface area contributed by atoms with E-state index in [2.05, 4.69) is 26.3 Å². The molecule has 0 aliphatic carbocycles. The number of nitrogens with one attached hydrogen (secondary N) is 1. The number of para-hydroxylation sites is 1. The molecule has 1 heterocycles. The fourth-order valence-electron chi connectivity index (χ4n) is 2.42. The highest BCUT2D eigenvalue weighted by Gasteiger charge is 2.16. The molecule has 0 fully saturated rings. The quantitative estimate of drug-likeness (QED) is 0.542. The Balaban J connectivity index is 2.16. The molecule has 3 N–H and O–H groups in total. The molecule has 3 aromatic rings. The van der Waals surface area contributed by atoms with E-state index in [1.165, 1.54) is 0 Å². The van der Waals surface area contributed by atoms with Crippen molar-refractivity contribution in [2.75, 3.05) is 0 Å². The number of benzene rings is 2. The van der Waals surface area contributed by atoms with Crippen LogP contribution in [0.5, 0.6) is 0 Å². The molecule has 3 nitrogen and oxygen atoms in total. The van der Waals surface area contributed by atoms with Crippen molar-refractivity contribution in [1.29, 1.82) is 0 Å². The third-order valence-electron chi connectivity index (χ3n) is 3.42. The zero-order chi connectivity index (χ0) is 14.8. The van der Waals surface area contributed by atoms with Crippen molar-refractivity contribution in [3.8, 4) is 0 Å². The van der Waals surface area contributed by atoms with Crippen LogP contribution in [0.2, 0.25) is 5.02 Å². The molecule has 5 heteroatoms. The lowest BCUT2D eigenvalue weighted by atomic mass is 9.97. The summed E-state index contributed by atoms with van der Waals surface area (Å²) < 4.78 is 0.843. The van der Waals surface area contributed by atoms with Crippen LogP contribution in [0.4, 0.5) is 0 Å². The van der Waals surface area contributed by atoms with Gasteiger partial charge in [-0.05, 0) is 39.7 Å². The van der Waals surface area contributed by atoms with E-state index in [1.807, 2.05) is 48.5 Å². The molecule has 0 bridgehead atoms. The fourth-order valence-corrected chi connectivity index (χ4v) is 2.93. The van der Waals surface area contributed by atoms with Crippen LogP contribution in [-0.2, 0) is 0 Å². The Bertz CT molecular complexity index is 786. The van der Waals surface area contributed by atoms with Crippen molar-refractivity contribution in [1.82, 2.24) is 10.4 Å². The van der Waals surface area contributed by atoms with Gasteiger partial charge in [0.1, 0.15) is 0 Å².